The lowest BCUT2D eigenvalue weighted by atomic mass is 10.1. The van der Waals surface area contributed by atoms with Crippen LogP contribution < -0.4 is 4.90 Å². The van der Waals surface area contributed by atoms with Gasteiger partial charge < -0.3 is 9.80 Å². The molecule has 1 aromatic carbocycles. The molecular formula is C14H22N2. The number of benzene rings is 1. The van der Waals surface area contributed by atoms with Gasteiger partial charge in [-0.1, -0.05) is 19.1 Å². The van der Waals surface area contributed by atoms with E-state index in [9.17, 15) is 0 Å². The molecule has 0 spiro atoms. The smallest absolute Gasteiger partial charge is 0.0369 e. The summed E-state index contributed by atoms with van der Waals surface area (Å²) < 4.78 is 0. The van der Waals surface area contributed by atoms with Gasteiger partial charge in [-0.2, -0.15) is 0 Å². The molecule has 0 saturated carbocycles. The van der Waals surface area contributed by atoms with Gasteiger partial charge >= 0.3 is 0 Å². The maximum absolute atomic E-state index is 2.50. The second-order valence-corrected chi connectivity index (χ2v) is 4.88. The fraction of sp³-hybridized carbons (Fsp3) is 0.571. The SMILES string of the molecule is CCc1cccc(N2CCC(N(C)C)C2)c1. The van der Waals surface area contributed by atoms with Crippen molar-refractivity contribution in [1.82, 2.24) is 4.90 Å². The van der Waals surface area contributed by atoms with Crippen LogP contribution in [0.15, 0.2) is 24.3 Å². The van der Waals surface area contributed by atoms with Crippen LogP contribution in [0.25, 0.3) is 0 Å². The van der Waals surface area contributed by atoms with Crippen molar-refractivity contribution < 1.29 is 0 Å². The van der Waals surface area contributed by atoms with Crippen LogP contribution in [0.4, 0.5) is 5.69 Å². The summed E-state index contributed by atoms with van der Waals surface area (Å²) in [7, 11) is 4.35. The highest BCUT2D eigenvalue weighted by atomic mass is 15.2. The molecule has 0 N–H and O–H groups in total. The summed E-state index contributed by atoms with van der Waals surface area (Å²) in [6, 6.07) is 9.67. The van der Waals surface area contributed by atoms with Gasteiger partial charge in [-0.3, -0.25) is 0 Å². The number of hydrogen-bond acceptors (Lipinski definition) is 2. The molecule has 0 aromatic heterocycles. The van der Waals surface area contributed by atoms with Gasteiger partial charge in [-0.05, 0) is 44.6 Å². The standard InChI is InChI=1S/C14H22N2/c1-4-12-6-5-7-13(10-12)16-9-8-14(11-16)15(2)3/h5-7,10,14H,4,8-9,11H2,1-3H3. The highest BCUT2D eigenvalue weighted by molar-refractivity contribution is 5.49. The highest BCUT2D eigenvalue weighted by Crippen LogP contribution is 2.23. The van der Waals surface area contributed by atoms with Crippen LogP contribution in [0, 0.1) is 0 Å². The maximum atomic E-state index is 2.50. The van der Waals surface area contributed by atoms with Gasteiger partial charge in [0.25, 0.3) is 0 Å². The quantitative estimate of drug-likeness (QED) is 0.768. The minimum atomic E-state index is 0.713. The topological polar surface area (TPSA) is 6.48 Å². The first kappa shape index (κ1) is 11.5. The van der Waals surface area contributed by atoms with Crippen LogP contribution in [0.2, 0.25) is 0 Å². The molecule has 2 rings (SSSR count). The summed E-state index contributed by atoms with van der Waals surface area (Å²) in [6.45, 7) is 4.57. The van der Waals surface area contributed by atoms with Crippen LogP contribution in [0.5, 0.6) is 0 Å². The number of nitrogens with zero attached hydrogens (tertiary/aromatic N) is 2. The number of hydrogen-bond donors (Lipinski definition) is 0. The largest absolute Gasteiger partial charge is 0.370 e. The Labute approximate surface area is 98.9 Å². The van der Waals surface area contributed by atoms with Gasteiger partial charge in [0.15, 0.2) is 0 Å². The van der Waals surface area contributed by atoms with E-state index in [4.69, 9.17) is 0 Å². The van der Waals surface area contributed by atoms with Crippen molar-refractivity contribution in [2.45, 2.75) is 25.8 Å². The molecule has 1 aromatic rings. The summed E-state index contributed by atoms with van der Waals surface area (Å²) >= 11 is 0. The van der Waals surface area contributed by atoms with E-state index in [1.807, 2.05) is 0 Å². The first-order chi connectivity index (χ1) is 7.70. The fourth-order valence-electron chi connectivity index (χ4n) is 2.37. The van der Waals surface area contributed by atoms with E-state index in [1.165, 1.54) is 30.8 Å². The summed E-state index contributed by atoms with van der Waals surface area (Å²) in [4.78, 5) is 4.84. The third kappa shape index (κ3) is 2.38. The molecule has 1 aliphatic heterocycles. The van der Waals surface area contributed by atoms with Crippen molar-refractivity contribution >= 4 is 5.69 Å². The minimum Gasteiger partial charge on any atom is -0.370 e. The Morgan fingerprint density at radius 1 is 1.38 bits per heavy atom. The average molecular weight is 218 g/mol. The monoisotopic (exact) mass is 218 g/mol. The molecule has 0 radical (unpaired) electrons. The molecule has 0 aliphatic carbocycles. The second-order valence-electron chi connectivity index (χ2n) is 4.88. The zero-order chi connectivity index (χ0) is 11.5. The van der Waals surface area contributed by atoms with Crippen molar-refractivity contribution in [2.24, 2.45) is 0 Å². The number of aryl methyl sites for hydroxylation is 1. The van der Waals surface area contributed by atoms with E-state index in [-0.39, 0.29) is 0 Å². The number of rotatable bonds is 3. The van der Waals surface area contributed by atoms with Gasteiger partial charge in [0, 0.05) is 24.8 Å². The van der Waals surface area contributed by atoms with E-state index in [0.717, 1.165) is 6.42 Å². The van der Waals surface area contributed by atoms with Crippen LogP contribution in [0.3, 0.4) is 0 Å². The van der Waals surface area contributed by atoms with Gasteiger partial charge in [-0.15, -0.1) is 0 Å². The Kier molecular flexibility index (Phi) is 3.49. The molecule has 1 unspecified atom stereocenters. The Balaban J connectivity index is 2.08. The van der Waals surface area contributed by atoms with Crippen LogP contribution in [-0.4, -0.2) is 38.1 Å². The van der Waals surface area contributed by atoms with Crippen molar-refractivity contribution in [1.29, 1.82) is 0 Å². The number of anilines is 1. The molecule has 1 aliphatic rings. The van der Waals surface area contributed by atoms with Crippen molar-refractivity contribution in [3.63, 3.8) is 0 Å². The lowest BCUT2D eigenvalue weighted by Crippen LogP contribution is -2.31. The normalized spacial score (nSPS) is 20.8. The molecule has 2 heteroatoms. The third-order valence-electron chi connectivity index (χ3n) is 3.58. The van der Waals surface area contributed by atoms with Gasteiger partial charge in [0.1, 0.15) is 0 Å². The molecule has 2 nitrogen and oxygen atoms in total. The lowest BCUT2D eigenvalue weighted by Gasteiger charge is -2.22. The van der Waals surface area contributed by atoms with Crippen molar-refractivity contribution in [3.8, 4) is 0 Å². The lowest BCUT2D eigenvalue weighted by molar-refractivity contribution is 0.315. The van der Waals surface area contributed by atoms with Crippen molar-refractivity contribution in [3.05, 3.63) is 29.8 Å². The summed E-state index contributed by atoms with van der Waals surface area (Å²) in [5.74, 6) is 0. The molecule has 1 fully saturated rings. The van der Waals surface area contributed by atoms with Gasteiger partial charge in [-0.25, -0.2) is 0 Å². The third-order valence-corrected chi connectivity index (χ3v) is 3.58. The molecule has 1 heterocycles. The Morgan fingerprint density at radius 2 is 2.19 bits per heavy atom. The molecule has 1 atom stereocenters. The first-order valence-electron chi connectivity index (χ1n) is 6.21. The highest BCUT2D eigenvalue weighted by Gasteiger charge is 2.23. The molecule has 0 amide bonds. The molecule has 16 heavy (non-hydrogen) atoms. The molecule has 0 bridgehead atoms. The zero-order valence-corrected chi connectivity index (χ0v) is 10.6. The van der Waals surface area contributed by atoms with Crippen molar-refractivity contribution in [2.75, 3.05) is 32.1 Å². The van der Waals surface area contributed by atoms with Crippen LogP contribution >= 0.6 is 0 Å². The van der Waals surface area contributed by atoms with Crippen LogP contribution in [-0.2, 0) is 6.42 Å². The number of likely N-dealkylation sites (N-methyl/N-ethyl adjacent to an activating group) is 1. The second kappa shape index (κ2) is 4.88. The maximum Gasteiger partial charge on any atom is 0.0369 e. The van der Waals surface area contributed by atoms with Gasteiger partial charge in [0.2, 0.25) is 0 Å². The van der Waals surface area contributed by atoms with E-state index in [2.05, 4.69) is 55.1 Å². The average Bonchev–Trinajstić information content (AvgIpc) is 2.78. The fourth-order valence-corrected chi connectivity index (χ4v) is 2.37. The summed E-state index contributed by atoms with van der Waals surface area (Å²) in [5.41, 5.74) is 2.83. The van der Waals surface area contributed by atoms with E-state index in [1.54, 1.807) is 0 Å². The summed E-state index contributed by atoms with van der Waals surface area (Å²) in [5, 5.41) is 0. The zero-order valence-electron chi connectivity index (χ0n) is 10.6. The Hall–Kier alpha value is -1.02. The Bertz CT molecular complexity index is 346. The first-order valence-corrected chi connectivity index (χ1v) is 6.21. The molecular weight excluding hydrogens is 196 g/mol. The van der Waals surface area contributed by atoms with Crippen LogP contribution in [0.1, 0.15) is 18.9 Å². The summed E-state index contributed by atoms with van der Waals surface area (Å²) in [6.07, 6.45) is 2.40. The predicted molar refractivity (Wildman–Crippen MR) is 70.1 cm³/mol. The predicted octanol–water partition coefficient (Wildman–Crippen LogP) is 2.39. The van der Waals surface area contributed by atoms with E-state index in [0.29, 0.717) is 6.04 Å². The van der Waals surface area contributed by atoms with E-state index >= 15 is 0 Å². The minimum absolute atomic E-state index is 0.713. The Morgan fingerprint density at radius 3 is 2.81 bits per heavy atom. The molecule has 1 saturated heterocycles. The van der Waals surface area contributed by atoms with E-state index < -0.39 is 0 Å². The molecule has 88 valence electrons. The van der Waals surface area contributed by atoms with Gasteiger partial charge in [0.05, 0.1) is 0 Å².